The molecule has 2 saturated carbocycles. The third-order valence-electron chi connectivity index (χ3n) is 7.43. The molecular weight excluding hydrogens is 348 g/mol. The lowest BCUT2D eigenvalue weighted by Crippen LogP contribution is -2.72. The van der Waals surface area contributed by atoms with Crippen molar-refractivity contribution in [2.24, 2.45) is 16.3 Å². The summed E-state index contributed by atoms with van der Waals surface area (Å²) >= 11 is 0. The molecule has 28 heavy (non-hydrogen) atoms. The first kappa shape index (κ1) is 19.7. The van der Waals surface area contributed by atoms with Gasteiger partial charge in [-0.05, 0) is 45.2 Å². The quantitative estimate of drug-likeness (QED) is 0.560. The molecular formula is C23H36N4O. The van der Waals surface area contributed by atoms with Crippen molar-refractivity contribution in [3.8, 4) is 0 Å². The Labute approximate surface area is 169 Å². The summed E-state index contributed by atoms with van der Waals surface area (Å²) in [4.78, 5) is 6.92. The molecule has 0 amide bonds. The molecule has 1 saturated heterocycles. The summed E-state index contributed by atoms with van der Waals surface area (Å²) < 4.78 is 6.04. The van der Waals surface area contributed by atoms with Gasteiger partial charge in [-0.2, -0.15) is 0 Å². The maximum Gasteiger partial charge on any atom is 0.191 e. The summed E-state index contributed by atoms with van der Waals surface area (Å²) in [7, 11) is 4.09. The number of nitrogens with zero attached hydrogens (tertiary/aromatic N) is 2. The lowest BCUT2D eigenvalue weighted by Gasteiger charge is -2.63. The van der Waals surface area contributed by atoms with Crippen molar-refractivity contribution in [3.05, 3.63) is 35.9 Å². The Bertz CT molecular complexity index is 672. The molecule has 4 rings (SSSR count). The molecule has 5 nitrogen and oxygen atoms in total. The minimum absolute atomic E-state index is 0.391. The number of aliphatic imine (C=N–C) groups is 1. The fourth-order valence-electron chi connectivity index (χ4n) is 5.44. The molecule has 3 aliphatic rings. The average Bonchev–Trinajstić information content (AvgIpc) is 3.08. The van der Waals surface area contributed by atoms with Crippen LogP contribution in [0.15, 0.2) is 35.3 Å². The van der Waals surface area contributed by atoms with Crippen LogP contribution in [0.25, 0.3) is 0 Å². The van der Waals surface area contributed by atoms with Crippen LogP contribution in [0.5, 0.6) is 0 Å². The Morgan fingerprint density at radius 3 is 2.79 bits per heavy atom. The zero-order valence-corrected chi connectivity index (χ0v) is 17.7. The zero-order valence-electron chi connectivity index (χ0n) is 17.7. The van der Waals surface area contributed by atoms with E-state index in [4.69, 9.17) is 4.74 Å². The van der Waals surface area contributed by atoms with Crippen LogP contribution in [0.4, 0.5) is 0 Å². The van der Waals surface area contributed by atoms with Gasteiger partial charge in [0.05, 0.1) is 6.10 Å². The largest absolute Gasteiger partial charge is 0.377 e. The Balaban J connectivity index is 1.22. The van der Waals surface area contributed by atoms with Crippen LogP contribution in [-0.2, 0) is 11.3 Å². The maximum absolute atomic E-state index is 6.04. The monoisotopic (exact) mass is 384 g/mol. The summed E-state index contributed by atoms with van der Waals surface area (Å²) in [5.74, 6) is 1.63. The first-order valence-corrected chi connectivity index (χ1v) is 11.0. The molecule has 0 bridgehead atoms. The molecule has 4 unspecified atom stereocenters. The van der Waals surface area contributed by atoms with E-state index in [1.807, 2.05) is 7.05 Å². The highest BCUT2D eigenvalue weighted by Crippen LogP contribution is 2.62. The average molecular weight is 385 g/mol. The minimum Gasteiger partial charge on any atom is -0.377 e. The smallest absolute Gasteiger partial charge is 0.191 e. The topological polar surface area (TPSA) is 48.9 Å². The van der Waals surface area contributed by atoms with Gasteiger partial charge in [0, 0.05) is 50.2 Å². The fourth-order valence-corrected chi connectivity index (χ4v) is 5.44. The van der Waals surface area contributed by atoms with Gasteiger partial charge in [0.25, 0.3) is 0 Å². The fraction of sp³-hybridized carbons (Fsp3) is 0.696. The SMILES string of the molecule is CN=C(NCCC(C)N(C)Cc1ccccc1)NC1C2CCOC2C12CCC2. The molecule has 1 aromatic rings. The van der Waals surface area contributed by atoms with Gasteiger partial charge in [0.2, 0.25) is 0 Å². The molecule has 0 radical (unpaired) electrons. The second-order valence-corrected chi connectivity index (χ2v) is 8.99. The van der Waals surface area contributed by atoms with Gasteiger partial charge < -0.3 is 15.4 Å². The molecule has 4 atom stereocenters. The van der Waals surface area contributed by atoms with Gasteiger partial charge in [-0.15, -0.1) is 0 Å². The van der Waals surface area contributed by atoms with Crippen LogP contribution < -0.4 is 10.6 Å². The van der Waals surface area contributed by atoms with Gasteiger partial charge in [-0.1, -0.05) is 36.8 Å². The molecule has 5 heteroatoms. The predicted octanol–water partition coefficient (Wildman–Crippen LogP) is 3.02. The zero-order chi connectivity index (χ0) is 19.6. The number of hydrogen-bond acceptors (Lipinski definition) is 3. The van der Waals surface area contributed by atoms with Crippen LogP contribution in [0.2, 0.25) is 0 Å². The molecule has 154 valence electrons. The summed E-state index contributed by atoms with van der Waals surface area (Å²) in [6, 6.07) is 11.7. The second-order valence-electron chi connectivity index (χ2n) is 8.99. The Morgan fingerprint density at radius 2 is 2.11 bits per heavy atom. The van der Waals surface area contributed by atoms with E-state index in [1.165, 1.54) is 31.2 Å². The number of nitrogens with one attached hydrogen (secondary N) is 2. The highest BCUT2D eigenvalue weighted by atomic mass is 16.5. The van der Waals surface area contributed by atoms with Crippen molar-refractivity contribution in [2.75, 3.05) is 27.2 Å². The normalized spacial score (nSPS) is 29.1. The molecule has 2 aliphatic carbocycles. The summed E-state index contributed by atoms with van der Waals surface area (Å²) in [6.07, 6.45) is 6.76. The number of guanidine groups is 1. The number of ether oxygens (including phenoxy) is 1. The first-order chi connectivity index (χ1) is 13.6. The van der Waals surface area contributed by atoms with Crippen LogP contribution in [0.1, 0.15) is 44.6 Å². The van der Waals surface area contributed by atoms with Crippen molar-refractivity contribution in [3.63, 3.8) is 0 Å². The molecule has 1 spiro atoms. The lowest BCUT2D eigenvalue weighted by atomic mass is 9.46. The van der Waals surface area contributed by atoms with Crippen LogP contribution in [0, 0.1) is 11.3 Å². The Morgan fingerprint density at radius 1 is 1.32 bits per heavy atom. The van der Waals surface area contributed by atoms with Gasteiger partial charge in [0.1, 0.15) is 0 Å². The van der Waals surface area contributed by atoms with Gasteiger partial charge in [0.15, 0.2) is 5.96 Å². The van der Waals surface area contributed by atoms with E-state index in [0.717, 1.165) is 32.1 Å². The van der Waals surface area contributed by atoms with Crippen molar-refractivity contribution in [2.45, 2.75) is 63.8 Å². The van der Waals surface area contributed by atoms with Crippen LogP contribution in [-0.4, -0.2) is 56.3 Å². The Kier molecular flexibility index (Phi) is 5.93. The van der Waals surface area contributed by atoms with E-state index in [0.29, 0.717) is 29.5 Å². The highest BCUT2D eigenvalue weighted by molar-refractivity contribution is 5.80. The van der Waals surface area contributed by atoms with Crippen LogP contribution >= 0.6 is 0 Å². The molecule has 2 N–H and O–H groups in total. The third kappa shape index (κ3) is 3.67. The van der Waals surface area contributed by atoms with E-state index in [2.05, 4.69) is 64.8 Å². The number of hydrogen-bond donors (Lipinski definition) is 2. The lowest BCUT2D eigenvalue weighted by molar-refractivity contribution is -0.171. The number of fused-ring (bicyclic) bond motifs is 2. The molecule has 0 aromatic heterocycles. The first-order valence-electron chi connectivity index (χ1n) is 11.0. The van der Waals surface area contributed by atoms with Gasteiger partial charge in [-0.3, -0.25) is 9.89 Å². The van der Waals surface area contributed by atoms with E-state index in [1.54, 1.807) is 0 Å². The van der Waals surface area contributed by atoms with Crippen molar-refractivity contribution >= 4 is 5.96 Å². The summed E-state index contributed by atoms with van der Waals surface area (Å²) in [5, 5.41) is 7.31. The number of benzene rings is 1. The molecule has 3 fully saturated rings. The predicted molar refractivity (Wildman–Crippen MR) is 114 cm³/mol. The Hall–Kier alpha value is -1.59. The van der Waals surface area contributed by atoms with E-state index >= 15 is 0 Å². The maximum atomic E-state index is 6.04. The number of rotatable bonds is 7. The third-order valence-corrected chi connectivity index (χ3v) is 7.43. The molecule has 1 aliphatic heterocycles. The second kappa shape index (κ2) is 8.42. The van der Waals surface area contributed by atoms with Crippen LogP contribution in [0.3, 0.4) is 0 Å². The van der Waals surface area contributed by atoms with Gasteiger partial charge >= 0.3 is 0 Å². The highest BCUT2D eigenvalue weighted by Gasteiger charge is 2.66. The van der Waals surface area contributed by atoms with E-state index in [9.17, 15) is 0 Å². The standard InChI is InChI=1S/C23H36N4O/c1-17(27(3)16-18-8-5-4-6-9-18)10-14-25-22(24-2)26-20-19-11-15-28-21(19)23(20)12-7-13-23/h4-6,8-9,17,19-21H,7,10-16H2,1-3H3,(H2,24,25,26). The van der Waals surface area contributed by atoms with Crippen molar-refractivity contribution in [1.29, 1.82) is 0 Å². The van der Waals surface area contributed by atoms with E-state index < -0.39 is 0 Å². The van der Waals surface area contributed by atoms with Gasteiger partial charge in [-0.25, -0.2) is 0 Å². The van der Waals surface area contributed by atoms with Crippen molar-refractivity contribution in [1.82, 2.24) is 15.5 Å². The molecule has 1 heterocycles. The van der Waals surface area contributed by atoms with Crippen molar-refractivity contribution < 1.29 is 4.74 Å². The minimum atomic E-state index is 0.391. The summed E-state index contributed by atoms with van der Waals surface area (Å²) in [5.41, 5.74) is 1.76. The molecule has 1 aromatic carbocycles. The van der Waals surface area contributed by atoms with E-state index in [-0.39, 0.29) is 0 Å². The summed E-state index contributed by atoms with van der Waals surface area (Å²) in [6.45, 7) is 5.16.